The Morgan fingerprint density at radius 1 is 0.950 bits per heavy atom. The molecule has 0 bridgehead atoms. The van der Waals surface area contributed by atoms with Crippen molar-refractivity contribution in [1.82, 2.24) is 9.71 Å². The van der Waals surface area contributed by atoms with Gasteiger partial charge in [0.05, 0.1) is 12.2 Å². The zero-order chi connectivity index (χ0) is 29.0. The molecule has 1 amide bonds. The van der Waals surface area contributed by atoms with E-state index in [4.69, 9.17) is 9.47 Å². The van der Waals surface area contributed by atoms with Crippen LogP contribution in [0.5, 0.6) is 17.2 Å². The first kappa shape index (κ1) is 28.8. The molecule has 0 radical (unpaired) electrons. The van der Waals surface area contributed by atoms with Crippen molar-refractivity contribution in [1.29, 1.82) is 0 Å². The minimum Gasteiger partial charge on any atom is -0.493 e. The van der Waals surface area contributed by atoms with Crippen LogP contribution in [0.2, 0.25) is 0 Å². The molecule has 1 aromatic heterocycles. The highest BCUT2D eigenvalue weighted by Crippen LogP contribution is 2.36. The number of nitrogens with one attached hydrogen (secondary N) is 1. The van der Waals surface area contributed by atoms with E-state index in [1.807, 2.05) is 46.8 Å². The van der Waals surface area contributed by atoms with Gasteiger partial charge in [0, 0.05) is 12.3 Å². The van der Waals surface area contributed by atoms with E-state index in [0.717, 1.165) is 16.7 Å². The first-order chi connectivity index (χ1) is 18.9. The molecule has 0 aliphatic carbocycles. The zero-order valence-electron chi connectivity index (χ0n) is 23.0. The molecule has 1 N–H and O–H groups in total. The third-order valence-electron chi connectivity index (χ3n) is 5.97. The molecule has 1 heterocycles. The zero-order valence-corrected chi connectivity index (χ0v) is 23.8. The number of benzene rings is 3. The van der Waals surface area contributed by atoms with Crippen LogP contribution in [0.15, 0.2) is 78.0 Å². The number of aromatic nitrogens is 1. The molecule has 0 spiro atoms. The van der Waals surface area contributed by atoms with Crippen molar-refractivity contribution >= 4 is 15.9 Å². The number of sulfonamides is 1. The fraction of sp³-hybridized carbons (Fsp3) is 0.226. The summed E-state index contributed by atoms with van der Waals surface area (Å²) in [5, 5.41) is -0.290. The summed E-state index contributed by atoms with van der Waals surface area (Å²) in [7, 11) is -4.24. The van der Waals surface area contributed by atoms with Gasteiger partial charge in [0.1, 0.15) is 23.1 Å². The average molecular weight is 563 g/mol. The van der Waals surface area contributed by atoms with Gasteiger partial charge in [-0.05, 0) is 85.3 Å². The maximum atomic E-state index is 14.5. The topological polar surface area (TPSA) is 94.6 Å². The molecule has 0 saturated heterocycles. The molecule has 4 aromatic rings. The van der Waals surface area contributed by atoms with E-state index in [2.05, 4.69) is 9.71 Å². The number of rotatable bonds is 9. The standard InChI is InChI=1S/C31H31FN2O5S/c1-19(2)18-38-26-15-24(14-25(32)17-26)23-9-10-27(31(35)34-40(36,37)29-8-6-7-11-33-29)28(16-23)39-30-21(4)12-20(3)13-22(30)5/h6-17,19H,18H2,1-5H3,(H,34,35). The molecule has 0 aliphatic heterocycles. The van der Waals surface area contributed by atoms with E-state index in [-0.39, 0.29) is 22.3 Å². The van der Waals surface area contributed by atoms with Crippen molar-refractivity contribution in [2.45, 2.75) is 39.6 Å². The van der Waals surface area contributed by atoms with Gasteiger partial charge in [-0.3, -0.25) is 4.79 Å². The Morgan fingerprint density at radius 2 is 1.68 bits per heavy atom. The van der Waals surface area contributed by atoms with Crippen molar-refractivity contribution < 1.29 is 27.1 Å². The maximum absolute atomic E-state index is 14.5. The molecule has 0 saturated carbocycles. The Morgan fingerprint density at radius 3 is 2.33 bits per heavy atom. The number of amides is 1. The molecule has 7 nitrogen and oxygen atoms in total. The van der Waals surface area contributed by atoms with E-state index in [0.29, 0.717) is 29.2 Å². The first-order valence-electron chi connectivity index (χ1n) is 12.7. The molecular formula is C31H31FN2O5S. The SMILES string of the molecule is Cc1cc(C)c(Oc2cc(-c3cc(F)cc(OCC(C)C)c3)ccc2C(=O)NS(=O)(=O)c2ccccn2)c(C)c1. The highest BCUT2D eigenvalue weighted by molar-refractivity contribution is 7.90. The predicted molar refractivity (Wildman–Crippen MR) is 152 cm³/mol. The van der Waals surface area contributed by atoms with Crippen LogP contribution in [0.25, 0.3) is 11.1 Å². The van der Waals surface area contributed by atoms with Crippen LogP contribution in [-0.2, 0) is 10.0 Å². The third-order valence-corrected chi connectivity index (χ3v) is 7.22. The minimum absolute atomic E-state index is 0.0182. The fourth-order valence-electron chi connectivity index (χ4n) is 4.22. The van der Waals surface area contributed by atoms with Gasteiger partial charge in [-0.2, -0.15) is 8.42 Å². The maximum Gasteiger partial charge on any atom is 0.281 e. The molecule has 0 aliphatic rings. The summed E-state index contributed by atoms with van der Waals surface area (Å²) in [6, 6.07) is 17.3. The number of hydrogen-bond donors (Lipinski definition) is 1. The van der Waals surface area contributed by atoms with Gasteiger partial charge in [0.2, 0.25) is 0 Å². The van der Waals surface area contributed by atoms with Gasteiger partial charge in [-0.15, -0.1) is 0 Å². The molecule has 208 valence electrons. The number of carbonyl (C=O) groups excluding carboxylic acids is 1. The van der Waals surface area contributed by atoms with Crippen LogP contribution in [0.4, 0.5) is 4.39 Å². The fourth-order valence-corrected chi connectivity index (χ4v) is 5.14. The van der Waals surface area contributed by atoms with Crippen LogP contribution in [0.1, 0.15) is 40.9 Å². The van der Waals surface area contributed by atoms with E-state index >= 15 is 0 Å². The van der Waals surface area contributed by atoms with Crippen LogP contribution < -0.4 is 14.2 Å². The van der Waals surface area contributed by atoms with Gasteiger partial charge in [-0.1, -0.05) is 43.7 Å². The Kier molecular flexibility index (Phi) is 8.54. The smallest absolute Gasteiger partial charge is 0.281 e. The van der Waals surface area contributed by atoms with Crippen molar-refractivity contribution in [3.8, 4) is 28.4 Å². The molecule has 40 heavy (non-hydrogen) atoms. The second-order valence-corrected chi connectivity index (χ2v) is 11.7. The first-order valence-corrected chi connectivity index (χ1v) is 14.2. The third kappa shape index (κ3) is 6.84. The Balaban J connectivity index is 1.78. The summed E-state index contributed by atoms with van der Waals surface area (Å²) >= 11 is 0. The van der Waals surface area contributed by atoms with E-state index in [1.54, 1.807) is 24.3 Å². The highest BCUT2D eigenvalue weighted by Gasteiger charge is 2.24. The highest BCUT2D eigenvalue weighted by atomic mass is 32.2. The largest absolute Gasteiger partial charge is 0.493 e. The lowest BCUT2D eigenvalue weighted by Gasteiger charge is -2.17. The van der Waals surface area contributed by atoms with Gasteiger partial charge in [0.25, 0.3) is 15.9 Å². The number of ether oxygens (including phenoxy) is 2. The number of halogens is 1. The van der Waals surface area contributed by atoms with E-state index in [1.165, 1.54) is 36.5 Å². The number of pyridine rings is 1. The summed E-state index contributed by atoms with van der Waals surface area (Å²) in [6.45, 7) is 10.2. The van der Waals surface area contributed by atoms with Crippen molar-refractivity contribution in [2.24, 2.45) is 5.92 Å². The summed E-state index contributed by atoms with van der Waals surface area (Å²) in [5.74, 6) is -0.102. The second kappa shape index (κ2) is 11.9. The molecule has 4 rings (SSSR count). The summed E-state index contributed by atoms with van der Waals surface area (Å²) in [5.41, 5.74) is 3.76. The molecule has 0 fully saturated rings. The second-order valence-electron chi connectivity index (χ2n) is 10.0. The lowest BCUT2D eigenvalue weighted by Crippen LogP contribution is -2.31. The Hall–Kier alpha value is -4.24. The Bertz CT molecular complexity index is 1630. The van der Waals surface area contributed by atoms with Crippen LogP contribution in [-0.4, -0.2) is 25.9 Å². The van der Waals surface area contributed by atoms with E-state index < -0.39 is 21.7 Å². The number of aryl methyl sites for hydroxylation is 3. The van der Waals surface area contributed by atoms with Crippen molar-refractivity contribution in [3.05, 3.63) is 101 Å². The van der Waals surface area contributed by atoms with Crippen LogP contribution in [0.3, 0.4) is 0 Å². The molecule has 3 aromatic carbocycles. The van der Waals surface area contributed by atoms with Crippen molar-refractivity contribution in [3.63, 3.8) is 0 Å². The molecule has 9 heteroatoms. The average Bonchev–Trinajstić information content (AvgIpc) is 2.89. The van der Waals surface area contributed by atoms with Gasteiger partial charge in [-0.25, -0.2) is 14.1 Å². The monoisotopic (exact) mass is 562 g/mol. The summed E-state index contributed by atoms with van der Waals surface area (Å²) in [6.07, 6.45) is 1.32. The number of hydrogen-bond acceptors (Lipinski definition) is 6. The molecule has 0 unspecified atom stereocenters. The Labute approximate surface area is 234 Å². The predicted octanol–water partition coefficient (Wildman–Crippen LogP) is 6.76. The molecular weight excluding hydrogens is 531 g/mol. The summed E-state index contributed by atoms with van der Waals surface area (Å²) in [4.78, 5) is 17.1. The number of carbonyl (C=O) groups is 1. The van der Waals surface area contributed by atoms with Crippen molar-refractivity contribution in [2.75, 3.05) is 6.61 Å². The van der Waals surface area contributed by atoms with Crippen LogP contribution >= 0.6 is 0 Å². The number of nitrogens with zero attached hydrogens (tertiary/aromatic N) is 1. The molecule has 0 atom stereocenters. The van der Waals surface area contributed by atoms with Gasteiger partial charge in [0.15, 0.2) is 5.03 Å². The van der Waals surface area contributed by atoms with Gasteiger partial charge < -0.3 is 9.47 Å². The lowest BCUT2D eigenvalue weighted by atomic mass is 10.0. The van der Waals surface area contributed by atoms with Crippen LogP contribution in [0, 0.1) is 32.5 Å². The minimum atomic E-state index is -4.24. The summed E-state index contributed by atoms with van der Waals surface area (Å²) < 4.78 is 54.2. The normalized spacial score (nSPS) is 11.4. The lowest BCUT2D eigenvalue weighted by molar-refractivity contribution is 0.0979. The van der Waals surface area contributed by atoms with E-state index in [9.17, 15) is 17.6 Å². The van der Waals surface area contributed by atoms with Gasteiger partial charge >= 0.3 is 0 Å². The quantitative estimate of drug-likeness (QED) is 0.242.